The highest BCUT2D eigenvalue weighted by molar-refractivity contribution is 14.1. The van der Waals surface area contributed by atoms with Crippen LogP contribution < -0.4 is 0 Å². The van der Waals surface area contributed by atoms with Crippen molar-refractivity contribution in [2.24, 2.45) is 0 Å². The van der Waals surface area contributed by atoms with Gasteiger partial charge in [-0.05, 0) is 51.2 Å². The van der Waals surface area contributed by atoms with E-state index in [0.29, 0.717) is 3.92 Å². The van der Waals surface area contributed by atoms with Crippen LogP contribution in [0, 0.1) is 6.92 Å². The summed E-state index contributed by atoms with van der Waals surface area (Å²) >= 11 is 2.44. The number of carboxylic acids is 1. The van der Waals surface area contributed by atoms with Gasteiger partial charge in [-0.1, -0.05) is 52.9 Å². The number of nitrogens with zero attached hydrogens (tertiary/aromatic N) is 1. The van der Waals surface area contributed by atoms with Gasteiger partial charge in [-0.2, -0.15) is 0 Å². The first-order valence-corrected chi connectivity index (χ1v) is 9.07. The zero-order valence-electron chi connectivity index (χ0n) is 13.4. The molecule has 0 heterocycles. The lowest BCUT2D eigenvalue weighted by molar-refractivity contribution is -0.142. The van der Waals surface area contributed by atoms with E-state index in [0.717, 1.165) is 12.8 Å². The molecule has 22 heavy (non-hydrogen) atoms. The summed E-state index contributed by atoms with van der Waals surface area (Å²) in [5.74, 6) is -0.767. The van der Waals surface area contributed by atoms with Crippen molar-refractivity contribution in [1.29, 1.82) is 0 Å². The molecule has 0 aromatic heterocycles. The van der Waals surface area contributed by atoms with E-state index in [4.69, 9.17) is 0 Å². The lowest BCUT2D eigenvalue weighted by Crippen LogP contribution is -2.41. The Balaban J connectivity index is 2.40. The Hall–Kier alpha value is -1.04. The van der Waals surface area contributed by atoms with Crippen LogP contribution in [0.1, 0.15) is 50.3 Å². The monoisotopic (exact) mass is 413 g/mol. The third-order valence-corrected chi connectivity index (χ3v) is 5.43. The number of halogens is 1. The highest BCUT2D eigenvalue weighted by atomic mass is 127. The van der Waals surface area contributed by atoms with Gasteiger partial charge < -0.3 is 10.0 Å². The highest BCUT2D eigenvalue weighted by Gasteiger charge is 2.30. The number of allylic oxidation sites excluding steroid dienone is 2. The van der Waals surface area contributed by atoms with E-state index >= 15 is 0 Å². The molecule has 1 aliphatic carbocycles. The standard InChI is InChI=1S/C18H24INO2/c1-12-7-4-5-10-17(12)13(2)20(14(3)18(21)22)16-9-6-8-15(19)11-16/h4-5,7,10-11,13-15H,6,8-9H2,1-3H3,(H,21,22)/t13-,14+,15?/m1/s1. The Bertz CT molecular complexity index is 570. The topological polar surface area (TPSA) is 40.5 Å². The summed E-state index contributed by atoms with van der Waals surface area (Å²) in [6.07, 6.45) is 5.52. The molecule has 3 nitrogen and oxygen atoms in total. The summed E-state index contributed by atoms with van der Waals surface area (Å²) in [6.45, 7) is 5.99. The van der Waals surface area contributed by atoms with Gasteiger partial charge in [-0.3, -0.25) is 0 Å². The number of hydrogen-bond acceptors (Lipinski definition) is 2. The fraction of sp³-hybridized carbons (Fsp3) is 0.500. The largest absolute Gasteiger partial charge is 0.480 e. The summed E-state index contributed by atoms with van der Waals surface area (Å²) in [4.78, 5) is 13.7. The van der Waals surface area contributed by atoms with Gasteiger partial charge in [0.25, 0.3) is 0 Å². The quantitative estimate of drug-likeness (QED) is 0.562. The summed E-state index contributed by atoms with van der Waals surface area (Å²) in [6, 6.07) is 7.77. The van der Waals surface area contributed by atoms with Crippen LogP contribution in [0.5, 0.6) is 0 Å². The molecule has 2 rings (SSSR count). The Morgan fingerprint density at radius 2 is 2.05 bits per heavy atom. The molecule has 1 aliphatic rings. The van der Waals surface area contributed by atoms with Crippen molar-refractivity contribution in [1.82, 2.24) is 4.90 Å². The normalized spacial score (nSPS) is 20.9. The third kappa shape index (κ3) is 3.83. The van der Waals surface area contributed by atoms with E-state index in [1.165, 1.54) is 23.2 Å². The Morgan fingerprint density at radius 1 is 1.36 bits per heavy atom. The molecule has 0 amide bonds. The van der Waals surface area contributed by atoms with Gasteiger partial charge in [0.2, 0.25) is 0 Å². The van der Waals surface area contributed by atoms with Crippen molar-refractivity contribution in [3.8, 4) is 0 Å². The predicted octanol–water partition coefficient (Wildman–Crippen LogP) is 4.70. The number of carboxylic acid groups (broad SMARTS) is 1. The van der Waals surface area contributed by atoms with Gasteiger partial charge in [-0.25, -0.2) is 4.79 Å². The molecule has 1 N–H and O–H groups in total. The van der Waals surface area contributed by atoms with Crippen molar-refractivity contribution in [3.63, 3.8) is 0 Å². The summed E-state index contributed by atoms with van der Waals surface area (Å²) in [7, 11) is 0. The van der Waals surface area contributed by atoms with Crippen LogP contribution >= 0.6 is 22.6 Å². The maximum absolute atomic E-state index is 11.6. The summed E-state index contributed by atoms with van der Waals surface area (Å²) in [5.41, 5.74) is 3.59. The molecule has 1 aromatic rings. The molecule has 3 atom stereocenters. The van der Waals surface area contributed by atoms with Crippen LogP contribution in [0.25, 0.3) is 0 Å². The average Bonchev–Trinajstić information content (AvgIpc) is 2.47. The minimum atomic E-state index is -0.767. The van der Waals surface area contributed by atoms with Crippen molar-refractivity contribution >= 4 is 28.6 Å². The van der Waals surface area contributed by atoms with Crippen LogP contribution in [0.3, 0.4) is 0 Å². The molecule has 1 aromatic carbocycles. The van der Waals surface area contributed by atoms with Crippen LogP contribution in [-0.2, 0) is 4.79 Å². The lowest BCUT2D eigenvalue weighted by atomic mass is 9.96. The van der Waals surface area contributed by atoms with Crippen molar-refractivity contribution in [2.75, 3.05) is 0 Å². The molecule has 0 saturated heterocycles. The average molecular weight is 413 g/mol. The second-order valence-electron chi connectivity index (χ2n) is 6.02. The SMILES string of the molecule is Cc1ccccc1[C@@H](C)N(C1=CC(I)CCC1)[C@@H](C)C(=O)O. The molecular weight excluding hydrogens is 389 g/mol. The molecule has 0 spiro atoms. The van der Waals surface area contributed by atoms with Gasteiger partial charge in [0.05, 0.1) is 6.04 Å². The van der Waals surface area contributed by atoms with E-state index in [1.54, 1.807) is 6.92 Å². The van der Waals surface area contributed by atoms with Gasteiger partial charge in [0, 0.05) is 9.62 Å². The van der Waals surface area contributed by atoms with Crippen molar-refractivity contribution in [3.05, 3.63) is 47.2 Å². The molecule has 1 unspecified atom stereocenters. The first-order valence-electron chi connectivity index (χ1n) is 7.83. The summed E-state index contributed by atoms with van der Waals surface area (Å²) < 4.78 is 0.494. The summed E-state index contributed by atoms with van der Waals surface area (Å²) in [5, 5.41) is 9.54. The molecule has 120 valence electrons. The third-order valence-electron chi connectivity index (χ3n) is 4.45. The zero-order valence-corrected chi connectivity index (χ0v) is 15.6. The van der Waals surface area contributed by atoms with Crippen LogP contribution in [-0.4, -0.2) is 25.9 Å². The number of aliphatic carboxylic acids is 1. The Morgan fingerprint density at radius 3 is 2.64 bits per heavy atom. The van der Waals surface area contributed by atoms with Crippen molar-refractivity contribution in [2.45, 2.75) is 56.0 Å². The van der Waals surface area contributed by atoms with E-state index in [9.17, 15) is 9.90 Å². The van der Waals surface area contributed by atoms with Gasteiger partial charge >= 0.3 is 5.97 Å². The number of alkyl halides is 1. The van der Waals surface area contributed by atoms with Gasteiger partial charge in [0.15, 0.2) is 0 Å². The Kier molecular flexibility index (Phi) is 5.89. The molecule has 0 bridgehead atoms. The van der Waals surface area contributed by atoms with Crippen LogP contribution in [0.4, 0.5) is 0 Å². The number of aryl methyl sites for hydroxylation is 1. The molecule has 0 aliphatic heterocycles. The zero-order chi connectivity index (χ0) is 16.3. The van der Waals surface area contributed by atoms with E-state index in [2.05, 4.69) is 59.5 Å². The molecule has 4 heteroatoms. The second-order valence-corrected chi connectivity index (χ2v) is 7.62. The minimum Gasteiger partial charge on any atom is -0.480 e. The number of hydrogen-bond donors (Lipinski definition) is 1. The fourth-order valence-electron chi connectivity index (χ4n) is 3.23. The Labute approximate surface area is 146 Å². The highest BCUT2D eigenvalue weighted by Crippen LogP contribution is 2.34. The van der Waals surface area contributed by atoms with E-state index in [-0.39, 0.29) is 6.04 Å². The first-order chi connectivity index (χ1) is 10.4. The smallest absolute Gasteiger partial charge is 0.326 e. The number of carbonyl (C=O) groups is 1. The van der Waals surface area contributed by atoms with E-state index < -0.39 is 12.0 Å². The van der Waals surface area contributed by atoms with Gasteiger partial charge in [0.1, 0.15) is 6.04 Å². The first kappa shape index (κ1) is 17.3. The predicted molar refractivity (Wildman–Crippen MR) is 98.3 cm³/mol. The molecule has 0 saturated carbocycles. The number of benzene rings is 1. The molecule has 0 fully saturated rings. The molecular formula is C18H24INO2. The maximum atomic E-state index is 11.6. The maximum Gasteiger partial charge on any atom is 0.326 e. The lowest BCUT2D eigenvalue weighted by Gasteiger charge is -2.39. The number of rotatable bonds is 5. The minimum absolute atomic E-state index is 0.0558. The fourth-order valence-corrected chi connectivity index (χ4v) is 4.08. The molecule has 0 radical (unpaired) electrons. The van der Waals surface area contributed by atoms with Crippen LogP contribution in [0.15, 0.2) is 36.0 Å². The van der Waals surface area contributed by atoms with Crippen molar-refractivity contribution < 1.29 is 9.90 Å². The van der Waals surface area contributed by atoms with E-state index in [1.807, 2.05) is 12.1 Å². The van der Waals surface area contributed by atoms with Gasteiger partial charge in [-0.15, -0.1) is 0 Å². The second kappa shape index (κ2) is 7.49. The van der Waals surface area contributed by atoms with Crippen LogP contribution in [0.2, 0.25) is 0 Å².